The molecule has 2 heterocycles. The maximum Gasteiger partial charge on any atom is 0.254 e. The standard InChI is InChI=1S/C19H22N4O/c1-13-12-14(2)23(22-13)19-20-17-11-7-6-10-16(17)18(21-19)24-15-8-4-3-5-9-15/h6-7,10-12,15H,3-5,8-9H2,1-2H3. The lowest BCUT2D eigenvalue weighted by Crippen LogP contribution is -2.21. The Kier molecular flexibility index (Phi) is 3.92. The van der Waals surface area contributed by atoms with Crippen LogP contribution >= 0.6 is 0 Å². The van der Waals surface area contributed by atoms with Crippen LogP contribution in [0.15, 0.2) is 30.3 Å². The highest BCUT2D eigenvalue weighted by Crippen LogP contribution is 2.28. The second-order valence-corrected chi connectivity index (χ2v) is 6.56. The van der Waals surface area contributed by atoms with Gasteiger partial charge >= 0.3 is 0 Å². The average molecular weight is 322 g/mol. The molecule has 0 saturated heterocycles. The lowest BCUT2D eigenvalue weighted by molar-refractivity contribution is 0.150. The van der Waals surface area contributed by atoms with Crippen LogP contribution in [0, 0.1) is 13.8 Å². The minimum atomic E-state index is 0.255. The first kappa shape index (κ1) is 15.1. The molecular formula is C19H22N4O. The number of ether oxygens (including phenoxy) is 1. The Morgan fingerprint density at radius 3 is 2.58 bits per heavy atom. The van der Waals surface area contributed by atoms with E-state index in [1.54, 1.807) is 4.68 Å². The third kappa shape index (κ3) is 2.86. The predicted octanol–water partition coefficient (Wildman–Crippen LogP) is 4.14. The van der Waals surface area contributed by atoms with Crippen molar-refractivity contribution < 1.29 is 4.74 Å². The van der Waals surface area contributed by atoms with E-state index < -0.39 is 0 Å². The van der Waals surface area contributed by atoms with Gasteiger partial charge in [0.2, 0.25) is 5.88 Å². The maximum absolute atomic E-state index is 6.29. The topological polar surface area (TPSA) is 52.8 Å². The Hall–Kier alpha value is -2.43. The van der Waals surface area contributed by atoms with Crippen molar-refractivity contribution in [2.24, 2.45) is 0 Å². The number of aromatic nitrogens is 4. The van der Waals surface area contributed by atoms with Gasteiger partial charge in [0.05, 0.1) is 16.6 Å². The summed E-state index contributed by atoms with van der Waals surface area (Å²) in [5, 5.41) is 5.48. The Balaban J connectivity index is 1.80. The minimum absolute atomic E-state index is 0.255. The van der Waals surface area contributed by atoms with E-state index in [0.717, 1.165) is 35.1 Å². The van der Waals surface area contributed by atoms with E-state index in [-0.39, 0.29) is 6.10 Å². The fraction of sp³-hybridized carbons (Fsp3) is 0.421. The van der Waals surface area contributed by atoms with Gasteiger partial charge in [0.15, 0.2) is 0 Å². The number of para-hydroxylation sites is 1. The summed E-state index contributed by atoms with van der Waals surface area (Å²) in [6.07, 6.45) is 6.24. The highest BCUT2D eigenvalue weighted by atomic mass is 16.5. The van der Waals surface area contributed by atoms with Crippen molar-refractivity contribution in [3.05, 3.63) is 41.7 Å². The molecule has 1 aromatic carbocycles. The number of nitrogens with zero attached hydrogens (tertiary/aromatic N) is 4. The number of benzene rings is 1. The molecule has 0 unspecified atom stereocenters. The molecule has 0 spiro atoms. The molecule has 24 heavy (non-hydrogen) atoms. The van der Waals surface area contributed by atoms with Crippen molar-refractivity contribution >= 4 is 10.9 Å². The number of aryl methyl sites for hydroxylation is 2. The van der Waals surface area contributed by atoms with Gasteiger partial charge in [-0.15, -0.1) is 0 Å². The van der Waals surface area contributed by atoms with Crippen LogP contribution in [0.3, 0.4) is 0 Å². The molecule has 1 fully saturated rings. The highest BCUT2D eigenvalue weighted by molar-refractivity contribution is 5.83. The molecule has 0 amide bonds. The first-order valence-corrected chi connectivity index (χ1v) is 8.68. The molecule has 0 radical (unpaired) electrons. The van der Waals surface area contributed by atoms with E-state index in [1.165, 1.54) is 19.3 Å². The number of hydrogen-bond acceptors (Lipinski definition) is 4. The van der Waals surface area contributed by atoms with Gasteiger partial charge in [-0.1, -0.05) is 18.6 Å². The second kappa shape index (κ2) is 6.23. The van der Waals surface area contributed by atoms with E-state index in [1.807, 2.05) is 44.2 Å². The lowest BCUT2D eigenvalue weighted by Gasteiger charge is -2.23. The van der Waals surface area contributed by atoms with Crippen LogP contribution < -0.4 is 4.74 Å². The summed E-state index contributed by atoms with van der Waals surface area (Å²) in [6, 6.07) is 10.0. The summed E-state index contributed by atoms with van der Waals surface area (Å²) >= 11 is 0. The van der Waals surface area contributed by atoms with Crippen LogP contribution in [0.5, 0.6) is 5.88 Å². The molecular weight excluding hydrogens is 300 g/mol. The molecule has 5 nitrogen and oxygen atoms in total. The Bertz CT molecular complexity index is 865. The number of hydrogen-bond donors (Lipinski definition) is 0. The largest absolute Gasteiger partial charge is 0.474 e. The van der Waals surface area contributed by atoms with E-state index in [0.29, 0.717) is 11.8 Å². The summed E-state index contributed by atoms with van der Waals surface area (Å²) in [5.41, 5.74) is 2.87. The Morgan fingerprint density at radius 1 is 1.04 bits per heavy atom. The van der Waals surface area contributed by atoms with Gasteiger partial charge in [-0.2, -0.15) is 10.1 Å². The zero-order valence-corrected chi connectivity index (χ0v) is 14.2. The van der Waals surface area contributed by atoms with E-state index in [4.69, 9.17) is 9.72 Å². The first-order chi connectivity index (χ1) is 11.7. The third-order valence-corrected chi connectivity index (χ3v) is 4.59. The van der Waals surface area contributed by atoms with Crippen molar-refractivity contribution in [1.29, 1.82) is 0 Å². The molecule has 3 aromatic rings. The van der Waals surface area contributed by atoms with Crippen molar-refractivity contribution in [1.82, 2.24) is 19.7 Å². The van der Waals surface area contributed by atoms with Crippen molar-refractivity contribution in [2.45, 2.75) is 52.1 Å². The molecule has 4 rings (SSSR count). The Morgan fingerprint density at radius 2 is 1.83 bits per heavy atom. The number of rotatable bonds is 3. The smallest absolute Gasteiger partial charge is 0.254 e. The summed E-state index contributed by atoms with van der Waals surface area (Å²) < 4.78 is 8.07. The van der Waals surface area contributed by atoms with Gasteiger partial charge in [-0.3, -0.25) is 0 Å². The maximum atomic E-state index is 6.29. The second-order valence-electron chi connectivity index (χ2n) is 6.56. The zero-order valence-electron chi connectivity index (χ0n) is 14.2. The molecule has 1 aliphatic carbocycles. The molecule has 1 saturated carbocycles. The van der Waals surface area contributed by atoms with Crippen LogP contribution in [-0.2, 0) is 0 Å². The van der Waals surface area contributed by atoms with Gasteiger partial charge in [0.1, 0.15) is 6.10 Å². The van der Waals surface area contributed by atoms with Crippen LogP contribution in [-0.4, -0.2) is 25.9 Å². The van der Waals surface area contributed by atoms with Crippen molar-refractivity contribution in [3.63, 3.8) is 0 Å². The van der Waals surface area contributed by atoms with Gasteiger partial charge < -0.3 is 4.74 Å². The number of fused-ring (bicyclic) bond motifs is 1. The van der Waals surface area contributed by atoms with E-state index in [2.05, 4.69) is 10.1 Å². The van der Waals surface area contributed by atoms with Crippen LogP contribution in [0.1, 0.15) is 43.5 Å². The molecule has 2 aromatic heterocycles. The van der Waals surface area contributed by atoms with Crippen molar-refractivity contribution in [2.75, 3.05) is 0 Å². The van der Waals surface area contributed by atoms with Crippen LogP contribution in [0.25, 0.3) is 16.9 Å². The normalized spacial score (nSPS) is 15.8. The molecule has 5 heteroatoms. The first-order valence-electron chi connectivity index (χ1n) is 8.68. The third-order valence-electron chi connectivity index (χ3n) is 4.59. The summed E-state index contributed by atoms with van der Waals surface area (Å²) in [7, 11) is 0. The monoisotopic (exact) mass is 322 g/mol. The van der Waals surface area contributed by atoms with Gasteiger partial charge in [-0.05, 0) is 57.7 Å². The molecule has 1 aliphatic rings. The molecule has 0 bridgehead atoms. The Labute approximate surface area is 141 Å². The predicted molar refractivity (Wildman–Crippen MR) is 93.6 cm³/mol. The SMILES string of the molecule is Cc1cc(C)n(-c2nc(OC3CCCCC3)c3ccccc3n2)n1. The van der Waals surface area contributed by atoms with Gasteiger partial charge in [-0.25, -0.2) is 9.67 Å². The molecule has 0 N–H and O–H groups in total. The average Bonchev–Trinajstić information content (AvgIpc) is 2.94. The van der Waals surface area contributed by atoms with E-state index >= 15 is 0 Å². The summed E-state index contributed by atoms with van der Waals surface area (Å²) in [4.78, 5) is 9.39. The fourth-order valence-corrected chi connectivity index (χ4v) is 3.39. The van der Waals surface area contributed by atoms with Crippen LogP contribution in [0.4, 0.5) is 0 Å². The van der Waals surface area contributed by atoms with E-state index in [9.17, 15) is 0 Å². The molecule has 0 aliphatic heterocycles. The summed E-state index contributed by atoms with van der Waals surface area (Å²) in [6.45, 7) is 3.99. The lowest BCUT2D eigenvalue weighted by atomic mass is 9.98. The van der Waals surface area contributed by atoms with Crippen molar-refractivity contribution in [3.8, 4) is 11.8 Å². The fourth-order valence-electron chi connectivity index (χ4n) is 3.39. The van der Waals surface area contributed by atoms with Gasteiger partial charge in [0.25, 0.3) is 5.95 Å². The molecule has 0 atom stereocenters. The highest BCUT2D eigenvalue weighted by Gasteiger charge is 2.19. The summed E-state index contributed by atoms with van der Waals surface area (Å²) in [5.74, 6) is 1.25. The zero-order chi connectivity index (χ0) is 16.5. The minimum Gasteiger partial charge on any atom is -0.474 e. The van der Waals surface area contributed by atoms with Crippen LogP contribution in [0.2, 0.25) is 0 Å². The molecule has 124 valence electrons. The van der Waals surface area contributed by atoms with Gasteiger partial charge in [0, 0.05) is 5.69 Å². The quantitative estimate of drug-likeness (QED) is 0.727.